The summed E-state index contributed by atoms with van der Waals surface area (Å²) in [6, 6.07) is 0. The molecule has 0 atom stereocenters. The second-order valence-corrected chi connectivity index (χ2v) is 6.51. The third kappa shape index (κ3) is 14.3. The number of nitrogens with zero attached hydrogens (tertiary/aromatic N) is 1. The van der Waals surface area contributed by atoms with Gasteiger partial charge in [0.25, 0.3) is 0 Å². The van der Waals surface area contributed by atoms with E-state index in [0.717, 1.165) is 44.6 Å². The van der Waals surface area contributed by atoms with Gasteiger partial charge in [-0.15, -0.1) is 0 Å². The van der Waals surface area contributed by atoms with Crippen LogP contribution in [-0.4, -0.2) is 50.8 Å². The van der Waals surface area contributed by atoms with Crippen LogP contribution in [0.2, 0.25) is 0 Å². The molecule has 0 aliphatic heterocycles. The van der Waals surface area contributed by atoms with Crippen LogP contribution >= 0.6 is 0 Å². The third-order valence-electron chi connectivity index (χ3n) is 3.50. The maximum absolute atomic E-state index is 5.34. The van der Waals surface area contributed by atoms with Crippen molar-refractivity contribution in [3.63, 3.8) is 0 Å². The third-order valence-corrected chi connectivity index (χ3v) is 3.50. The molecular formula is C17H38N2O. The van der Waals surface area contributed by atoms with E-state index in [-0.39, 0.29) is 0 Å². The van der Waals surface area contributed by atoms with Crippen molar-refractivity contribution in [1.29, 1.82) is 0 Å². The fourth-order valence-electron chi connectivity index (χ4n) is 2.02. The lowest BCUT2D eigenvalue weighted by Gasteiger charge is -2.24. The molecule has 3 heteroatoms. The Hall–Kier alpha value is -0.120. The van der Waals surface area contributed by atoms with Crippen LogP contribution < -0.4 is 5.32 Å². The van der Waals surface area contributed by atoms with Gasteiger partial charge in [-0.25, -0.2) is 0 Å². The highest BCUT2D eigenvalue weighted by Gasteiger charge is 2.07. The molecule has 0 aromatic heterocycles. The Kier molecular flexibility index (Phi) is 13.8. The van der Waals surface area contributed by atoms with Gasteiger partial charge in [-0.2, -0.15) is 0 Å². The van der Waals surface area contributed by atoms with Crippen LogP contribution in [0.15, 0.2) is 0 Å². The highest BCUT2D eigenvalue weighted by Crippen LogP contribution is 2.06. The smallest absolute Gasteiger partial charge is 0.0477 e. The number of hydrogen-bond donors (Lipinski definition) is 1. The predicted octanol–water partition coefficient (Wildman–Crippen LogP) is 3.40. The Labute approximate surface area is 127 Å². The minimum atomic E-state index is 0.802. The molecule has 0 radical (unpaired) electrons. The van der Waals surface area contributed by atoms with Crippen molar-refractivity contribution in [2.75, 3.05) is 45.9 Å². The van der Waals surface area contributed by atoms with Crippen LogP contribution in [0.25, 0.3) is 0 Å². The van der Waals surface area contributed by atoms with E-state index in [4.69, 9.17) is 4.74 Å². The molecule has 0 aliphatic rings. The van der Waals surface area contributed by atoms with Gasteiger partial charge in [-0.05, 0) is 57.7 Å². The summed E-state index contributed by atoms with van der Waals surface area (Å²) in [4.78, 5) is 2.62. The van der Waals surface area contributed by atoms with Gasteiger partial charge in [0.1, 0.15) is 0 Å². The van der Waals surface area contributed by atoms with E-state index in [9.17, 15) is 0 Å². The standard InChI is InChI=1S/C17H38N2O/c1-6-20-15-7-10-18-11-14-19(12-8-16(2)3)13-9-17(4)5/h16-18H,6-15H2,1-5H3. The van der Waals surface area contributed by atoms with E-state index in [1.165, 1.54) is 32.5 Å². The Bertz CT molecular complexity index is 183. The maximum atomic E-state index is 5.34. The van der Waals surface area contributed by atoms with Gasteiger partial charge in [0.15, 0.2) is 0 Å². The molecule has 0 heterocycles. The normalized spacial score (nSPS) is 12.0. The summed E-state index contributed by atoms with van der Waals surface area (Å²) in [5.74, 6) is 1.60. The SMILES string of the molecule is CCOCCCNCCN(CCC(C)C)CCC(C)C. The summed E-state index contributed by atoms with van der Waals surface area (Å²) in [7, 11) is 0. The number of nitrogens with one attached hydrogen (secondary N) is 1. The summed E-state index contributed by atoms with van der Waals surface area (Å²) >= 11 is 0. The fourth-order valence-corrected chi connectivity index (χ4v) is 2.02. The molecule has 0 amide bonds. The van der Waals surface area contributed by atoms with Crippen molar-refractivity contribution >= 4 is 0 Å². The molecule has 0 fully saturated rings. The highest BCUT2D eigenvalue weighted by molar-refractivity contribution is 4.63. The van der Waals surface area contributed by atoms with E-state index >= 15 is 0 Å². The van der Waals surface area contributed by atoms with Gasteiger partial charge < -0.3 is 15.0 Å². The molecule has 122 valence electrons. The molecule has 0 saturated carbocycles. The largest absolute Gasteiger partial charge is 0.382 e. The lowest BCUT2D eigenvalue weighted by molar-refractivity contribution is 0.144. The predicted molar refractivity (Wildman–Crippen MR) is 89.3 cm³/mol. The second-order valence-electron chi connectivity index (χ2n) is 6.51. The van der Waals surface area contributed by atoms with Gasteiger partial charge in [-0.1, -0.05) is 27.7 Å². The minimum Gasteiger partial charge on any atom is -0.382 e. The summed E-state index contributed by atoms with van der Waals surface area (Å²) < 4.78 is 5.34. The van der Waals surface area contributed by atoms with Crippen molar-refractivity contribution in [3.05, 3.63) is 0 Å². The van der Waals surface area contributed by atoms with Crippen molar-refractivity contribution in [1.82, 2.24) is 10.2 Å². The van der Waals surface area contributed by atoms with Crippen LogP contribution in [0.3, 0.4) is 0 Å². The van der Waals surface area contributed by atoms with Gasteiger partial charge >= 0.3 is 0 Å². The van der Waals surface area contributed by atoms with E-state index < -0.39 is 0 Å². The van der Waals surface area contributed by atoms with Crippen LogP contribution in [0.4, 0.5) is 0 Å². The first kappa shape index (κ1) is 19.9. The lowest BCUT2D eigenvalue weighted by atomic mass is 10.1. The minimum absolute atomic E-state index is 0.802. The van der Waals surface area contributed by atoms with Crippen LogP contribution in [0.1, 0.15) is 53.9 Å². The van der Waals surface area contributed by atoms with Crippen molar-refractivity contribution in [2.24, 2.45) is 11.8 Å². The Morgan fingerprint density at radius 1 is 0.900 bits per heavy atom. The molecule has 20 heavy (non-hydrogen) atoms. The second kappa shape index (κ2) is 13.8. The van der Waals surface area contributed by atoms with Crippen molar-refractivity contribution in [3.8, 4) is 0 Å². The average molecular weight is 287 g/mol. The molecule has 0 aliphatic carbocycles. The van der Waals surface area contributed by atoms with E-state index in [1.807, 2.05) is 0 Å². The van der Waals surface area contributed by atoms with Crippen LogP contribution in [0, 0.1) is 11.8 Å². The molecule has 0 aromatic carbocycles. The number of rotatable bonds is 14. The topological polar surface area (TPSA) is 24.5 Å². The van der Waals surface area contributed by atoms with Crippen molar-refractivity contribution in [2.45, 2.75) is 53.9 Å². The molecule has 1 N–H and O–H groups in total. The zero-order chi connectivity index (χ0) is 15.2. The molecule has 0 spiro atoms. The van der Waals surface area contributed by atoms with Crippen molar-refractivity contribution < 1.29 is 4.74 Å². The molecule has 0 bridgehead atoms. The lowest BCUT2D eigenvalue weighted by Crippen LogP contribution is -2.35. The zero-order valence-electron chi connectivity index (χ0n) is 14.6. The van der Waals surface area contributed by atoms with Crippen LogP contribution in [0.5, 0.6) is 0 Å². The highest BCUT2D eigenvalue weighted by atomic mass is 16.5. The first-order valence-corrected chi connectivity index (χ1v) is 8.57. The average Bonchev–Trinajstić information content (AvgIpc) is 2.39. The Balaban J connectivity index is 3.67. The van der Waals surface area contributed by atoms with Gasteiger partial charge in [-0.3, -0.25) is 0 Å². The first-order chi connectivity index (χ1) is 9.56. The van der Waals surface area contributed by atoms with Gasteiger partial charge in [0.2, 0.25) is 0 Å². The summed E-state index contributed by atoms with van der Waals surface area (Å²) in [6.07, 6.45) is 3.73. The van der Waals surface area contributed by atoms with Gasteiger partial charge in [0, 0.05) is 26.3 Å². The van der Waals surface area contributed by atoms with E-state index in [0.29, 0.717) is 0 Å². The number of ether oxygens (including phenoxy) is 1. The summed E-state index contributed by atoms with van der Waals surface area (Å²) in [5, 5.41) is 3.53. The molecule has 0 rings (SSSR count). The van der Waals surface area contributed by atoms with Gasteiger partial charge in [0.05, 0.1) is 0 Å². The first-order valence-electron chi connectivity index (χ1n) is 8.57. The Morgan fingerprint density at radius 3 is 2.00 bits per heavy atom. The zero-order valence-corrected chi connectivity index (χ0v) is 14.6. The van der Waals surface area contributed by atoms with E-state index in [1.54, 1.807) is 0 Å². The molecule has 0 saturated heterocycles. The quantitative estimate of drug-likeness (QED) is 0.495. The molecular weight excluding hydrogens is 248 g/mol. The molecule has 0 aromatic rings. The summed E-state index contributed by atoms with van der Waals surface area (Å²) in [5.41, 5.74) is 0. The maximum Gasteiger partial charge on any atom is 0.0477 e. The van der Waals surface area contributed by atoms with E-state index in [2.05, 4.69) is 44.8 Å². The molecule has 3 nitrogen and oxygen atoms in total. The fraction of sp³-hybridized carbons (Fsp3) is 1.00. The van der Waals surface area contributed by atoms with Crippen LogP contribution in [-0.2, 0) is 4.74 Å². The molecule has 0 unspecified atom stereocenters. The Morgan fingerprint density at radius 2 is 1.50 bits per heavy atom. The number of hydrogen-bond acceptors (Lipinski definition) is 3. The summed E-state index contributed by atoms with van der Waals surface area (Å²) in [6.45, 7) is 18.8. The monoisotopic (exact) mass is 286 g/mol.